The third kappa shape index (κ3) is 3.78. The largest absolute Gasteiger partial charge is 0.417 e. The summed E-state index contributed by atoms with van der Waals surface area (Å²) in [4.78, 5) is 0. The maximum atomic E-state index is 12.6. The molecule has 0 aliphatic carbocycles. The van der Waals surface area contributed by atoms with Crippen LogP contribution in [-0.4, -0.2) is 16.7 Å². The number of rotatable bonds is 3. The normalized spacial score (nSPS) is 14.4. The van der Waals surface area contributed by atoms with Crippen molar-refractivity contribution in [3.8, 4) is 0 Å². The standard InChI is InChI=1S/C12H15ClF3NO/c1-7(11(2,3)18)17-8-4-5-10(13)9(6-8)12(14,15)16/h4-7,17-18H,1-3H3. The lowest BCUT2D eigenvalue weighted by molar-refractivity contribution is -0.137. The highest BCUT2D eigenvalue weighted by atomic mass is 35.5. The molecule has 0 amide bonds. The number of halogens is 4. The minimum absolute atomic E-state index is 0.265. The number of aliphatic hydroxyl groups is 1. The second-order valence-electron chi connectivity index (χ2n) is 4.71. The summed E-state index contributed by atoms with van der Waals surface area (Å²) in [6, 6.07) is 3.16. The molecule has 0 saturated heterocycles. The van der Waals surface area contributed by atoms with Gasteiger partial charge in [-0.2, -0.15) is 13.2 Å². The van der Waals surface area contributed by atoms with Crippen molar-refractivity contribution >= 4 is 17.3 Å². The van der Waals surface area contributed by atoms with Crippen molar-refractivity contribution in [2.75, 3.05) is 5.32 Å². The highest BCUT2D eigenvalue weighted by molar-refractivity contribution is 6.31. The first-order valence-corrected chi connectivity index (χ1v) is 5.75. The van der Waals surface area contributed by atoms with Crippen LogP contribution in [0.25, 0.3) is 0 Å². The molecular weight excluding hydrogens is 267 g/mol. The summed E-state index contributed by atoms with van der Waals surface area (Å²) in [5.74, 6) is 0. The molecule has 0 bridgehead atoms. The molecule has 0 radical (unpaired) electrons. The van der Waals surface area contributed by atoms with Crippen molar-refractivity contribution in [3.05, 3.63) is 28.8 Å². The third-order valence-corrected chi connectivity index (χ3v) is 3.04. The van der Waals surface area contributed by atoms with E-state index in [2.05, 4.69) is 5.32 Å². The molecule has 102 valence electrons. The average molecular weight is 282 g/mol. The van der Waals surface area contributed by atoms with Gasteiger partial charge in [0, 0.05) is 5.69 Å². The molecule has 0 spiro atoms. The lowest BCUT2D eigenvalue weighted by atomic mass is 10.0. The summed E-state index contributed by atoms with van der Waals surface area (Å²) in [6.07, 6.45) is -4.49. The SMILES string of the molecule is CC(Nc1ccc(Cl)c(C(F)(F)F)c1)C(C)(C)O. The third-order valence-electron chi connectivity index (χ3n) is 2.71. The predicted molar refractivity (Wildman–Crippen MR) is 65.8 cm³/mol. The minimum atomic E-state index is -4.49. The van der Waals surface area contributed by atoms with Crippen LogP contribution in [0.2, 0.25) is 5.02 Å². The Morgan fingerprint density at radius 2 is 1.83 bits per heavy atom. The topological polar surface area (TPSA) is 32.3 Å². The van der Waals surface area contributed by atoms with Crippen molar-refractivity contribution in [2.45, 2.75) is 38.6 Å². The van der Waals surface area contributed by atoms with E-state index in [1.54, 1.807) is 20.8 Å². The molecule has 1 rings (SSSR count). The Labute approximate surface area is 109 Å². The molecule has 2 nitrogen and oxygen atoms in total. The van der Waals surface area contributed by atoms with Crippen LogP contribution in [-0.2, 0) is 6.18 Å². The molecule has 1 aromatic carbocycles. The maximum Gasteiger partial charge on any atom is 0.417 e. The summed E-state index contributed by atoms with van der Waals surface area (Å²) in [5.41, 5.74) is -1.67. The Bertz CT molecular complexity index is 426. The summed E-state index contributed by atoms with van der Waals surface area (Å²) in [7, 11) is 0. The van der Waals surface area contributed by atoms with Crippen molar-refractivity contribution in [1.29, 1.82) is 0 Å². The van der Waals surface area contributed by atoms with Gasteiger partial charge in [0.1, 0.15) is 0 Å². The van der Waals surface area contributed by atoms with Crippen LogP contribution in [0.5, 0.6) is 0 Å². The van der Waals surface area contributed by atoms with Gasteiger partial charge < -0.3 is 10.4 Å². The van der Waals surface area contributed by atoms with Gasteiger partial charge in [-0.25, -0.2) is 0 Å². The summed E-state index contributed by atoms with van der Waals surface area (Å²) in [5, 5.41) is 12.2. The van der Waals surface area contributed by atoms with Gasteiger partial charge in [0.15, 0.2) is 0 Å². The number of hydrogen-bond donors (Lipinski definition) is 2. The quantitative estimate of drug-likeness (QED) is 0.880. The Balaban J connectivity index is 3.00. The van der Waals surface area contributed by atoms with E-state index < -0.39 is 23.4 Å². The Hall–Kier alpha value is -0.940. The Morgan fingerprint density at radius 3 is 2.28 bits per heavy atom. The van der Waals surface area contributed by atoms with Crippen LogP contribution in [0.4, 0.5) is 18.9 Å². The van der Waals surface area contributed by atoms with Gasteiger partial charge in [-0.1, -0.05) is 11.6 Å². The number of alkyl halides is 3. The van der Waals surface area contributed by atoms with E-state index in [0.717, 1.165) is 6.07 Å². The van der Waals surface area contributed by atoms with E-state index in [4.69, 9.17) is 11.6 Å². The van der Waals surface area contributed by atoms with Crippen LogP contribution >= 0.6 is 11.6 Å². The van der Waals surface area contributed by atoms with Gasteiger partial charge in [-0.3, -0.25) is 0 Å². The first-order valence-electron chi connectivity index (χ1n) is 5.37. The molecule has 0 aliphatic heterocycles. The van der Waals surface area contributed by atoms with Gasteiger partial charge in [0.05, 0.1) is 22.2 Å². The van der Waals surface area contributed by atoms with E-state index in [1.165, 1.54) is 12.1 Å². The van der Waals surface area contributed by atoms with Crippen molar-refractivity contribution in [1.82, 2.24) is 0 Å². The summed E-state index contributed by atoms with van der Waals surface area (Å²) in [6.45, 7) is 4.83. The smallest absolute Gasteiger partial charge is 0.388 e. The van der Waals surface area contributed by atoms with Gasteiger partial charge in [-0.05, 0) is 39.0 Å². The van der Waals surface area contributed by atoms with Crippen molar-refractivity contribution < 1.29 is 18.3 Å². The number of hydrogen-bond acceptors (Lipinski definition) is 2. The van der Waals surface area contributed by atoms with E-state index in [1.807, 2.05) is 0 Å². The van der Waals surface area contributed by atoms with Crippen LogP contribution in [0, 0.1) is 0 Å². The molecule has 0 heterocycles. The molecule has 0 fully saturated rings. The molecule has 1 unspecified atom stereocenters. The van der Waals surface area contributed by atoms with E-state index in [0.29, 0.717) is 0 Å². The Morgan fingerprint density at radius 1 is 1.28 bits per heavy atom. The minimum Gasteiger partial charge on any atom is -0.388 e. The molecule has 0 aromatic heterocycles. The fourth-order valence-electron chi connectivity index (χ4n) is 1.26. The van der Waals surface area contributed by atoms with Gasteiger partial charge >= 0.3 is 6.18 Å². The molecule has 1 aromatic rings. The maximum absolute atomic E-state index is 12.6. The highest BCUT2D eigenvalue weighted by Gasteiger charge is 2.33. The van der Waals surface area contributed by atoms with Gasteiger partial charge in [-0.15, -0.1) is 0 Å². The first kappa shape index (κ1) is 15.1. The average Bonchev–Trinajstić information content (AvgIpc) is 2.17. The van der Waals surface area contributed by atoms with Gasteiger partial charge in [0.2, 0.25) is 0 Å². The monoisotopic (exact) mass is 281 g/mol. The fraction of sp³-hybridized carbons (Fsp3) is 0.500. The lowest BCUT2D eigenvalue weighted by Gasteiger charge is -2.28. The first-order chi connectivity index (χ1) is 8.01. The van der Waals surface area contributed by atoms with Crippen LogP contribution in [0.15, 0.2) is 18.2 Å². The van der Waals surface area contributed by atoms with Crippen molar-refractivity contribution in [2.24, 2.45) is 0 Å². The number of anilines is 1. The molecule has 18 heavy (non-hydrogen) atoms. The summed E-state index contributed by atoms with van der Waals surface area (Å²) < 4.78 is 37.9. The molecular formula is C12H15ClF3NO. The summed E-state index contributed by atoms with van der Waals surface area (Å²) >= 11 is 5.51. The molecule has 0 aliphatic rings. The number of benzene rings is 1. The molecule has 6 heteroatoms. The predicted octanol–water partition coefficient (Wildman–Crippen LogP) is 3.93. The highest BCUT2D eigenvalue weighted by Crippen LogP contribution is 2.36. The van der Waals surface area contributed by atoms with Crippen LogP contribution in [0.1, 0.15) is 26.3 Å². The lowest BCUT2D eigenvalue weighted by Crippen LogP contribution is -2.39. The zero-order chi connectivity index (χ0) is 14.1. The van der Waals surface area contributed by atoms with Crippen molar-refractivity contribution in [3.63, 3.8) is 0 Å². The van der Waals surface area contributed by atoms with E-state index in [-0.39, 0.29) is 10.7 Å². The molecule has 2 N–H and O–H groups in total. The zero-order valence-corrected chi connectivity index (χ0v) is 11.0. The van der Waals surface area contributed by atoms with E-state index >= 15 is 0 Å². The van der Waals surface area contributed by atoms with E-state index in [9.17, 15) is 18.3 Å². The fourth-order valence-corrected chi connectivity index (χ4v) is 1.48. The molecule has 1 atom stereocenters. The van der Waals surface area contributed by atoms with Crippen LogP contribution < -0.4 is 5.32 Å². The second-order valence-corrected chi connectivity index (χ2v) is 5.12. The molecule has 0 saturated carbocycles. The zero-order valence-electron chi connectivity index (χ0n) is 10.3. The Kier molecular flexibility index (Phi) is 4.18. The second kappa shape index (κ2) is 4.97. The van der Waals surface area contributed by atoms with Crippen LogP contribution in [0.3, 0.4) is 0 Å². The van der Waals surface area contributed by atoms with Gasteiger partial charge in [0.25, 0.3) is 0 Å². The number of nitrogens with one attached hydrogen (secondary N) is 1.